The Kier molecular flexibility index (Phi) is 10.5. The summed E-state index contributed by atoms with van der Waals surface area (Å²) in [5.41, 5.74) is 1.26. The lowest BCUT2D eigenvalue weighted by atomic mass is 10.1. The summed E-state index contributed by atoms with van der Waals surface area (Å²) in [4.78, 5) is 29.0. The minimum absolute atomic E-state index is 0.103. The largest absolute Gasteiger partial charge is 0.506 e. The minimum atomic E-state index is -0.748. The molecule has 196 valence electrons. The van der Waals surface area contributed by atoms with Gasteiger partial charge >= 0.3 is 5.97 Å². The molecule has 2 aromatic carbocycles. The zero-order chi connectivity index (χ0) is 27.1. The van der Waals surface area contributed by atoms with Crippen molar-refractivity contribution in [3.63, 3.8) is 0 Å². The highest BCUT2D eigenvalue weighted by Gasteiger charge is 2.33. The van der Waals surface area contributed by atoms with Crippen LogP contribution in [0.5, 0.6) is 11.5 Å². The van der Waals surface area contributed by atoms with E-state index in [1.54, 1.807) is 43.3 Å². The van der Waals surface area contributed by atoms with Crippen LogP contribution in [0.15, 0.2) is 56.0 Å². The number of nitrogens with zero attached hydrogens (tertiary/aromatic N) is 1. The van der Waals surface area contributed by atoms with E-state index in [4.69, 9.17) is 37.4 Å². The molecule has 3 rings (SSSR count). The summed E-state index contributed by atoms with van der Waals surface area (Å²) in [5.74, 6) is -0.557. The van der Waals surface area contributed by atoms with Gasteiger partial charge < -0.3 is 19.3 Å². The van der Waals surface area contributed by atoms with Crippen LogP contribution in [-0.4, -0.2) is 35.7 Å². The fourth-order valence-electron chi connectivity index (χ4n) is 3.28. The first kappa shape index (κ1) is 29.1. The molecule has 0 saturated carbocycles. The van der Waals surface area contributed by atoms with Gasteiger partial charge in [0.05, 0.1) is 23.1 Å². The molecule has 2 aromatic rings. The predicted octanol–water partition coefficient (Wildman–Crippen LogP) is 7.53. The van der Waals surface area contributed by atoms with Crippen LogP contribution in [0.2, 0.25) is 10.0 Å². The summed E-state index contributed by atoms with van der Waals surface area (Å²) < 4.78 is 17.2. The summed E-state index contributed by atoms with van der Waals surface area (Å²) in [7, 11) is 1.51. The third-order valence-corrected chi connectivity index (χ3v) is 7.19. The van der Waals surface area contributed by atoms with Gasteiger partial charge in [-0.25, -0.2) is 9.79 Å². The van der Waals surface area contributed by atoms with Gasteiger partial charge in [-0.05, 0) is 65.2 Å². The van der Waals surface area contributed by atoms with Gasteiger partial charge in [0.2, 0.25) is 5.91 Å². The standard InChI is InChI=1S/C26H24BrCl2NO6S/c1-4-6-21(31)30-25-22(26(33)35-5-2)23(32)20(37-25)11-14-9-17(27)24(19(10-14)34-3)36-13-15-7-8-16(28)12-18(15)29/h7-12,32H,4-6,13H2,1-3H3/b20-11-,30-25?. The van der Waals surface area contributed by atoms with Gasteiger partial charge in [0.25, 0.3) is 0 Å². The summed E-state index contributed by atoms with van der Waals surface area (Å²) in [5, 5.41) is 11.9. The summed E-state index contributed by atoms with van der Waals surface area (Å²) >= 11 is 16.7. The Hall–Kier alpha value is -2.46. The van der Waals surface area contributed by atoms with E-state index >= 15 is 0 Å². The molecule has 37 heavy (non-hydrogen) atoms. The predicted molar refractivity (Wildman–Crippen MR) is 151 cm³/mol. The molecule has 0 saturated heterocycles. The number of hydrogen-bond donors (Lipinski definition) is 1. The van der Waals surface area contributed by atoms with E-state index in [-0.39, 0.29) is 41.9 Å². The van der Waals surface area contributed by atoms with E-state index < -0.39 is 5.97 Å². The van der Waals surface area contributed by atoms with Gasteiger partial charge in [-0.3, -0.25) is 4.79 Å². The molecule has 1 heterocycles. The number of aliphatic imine (C=N–C) groups is 1. The lowest BCUT2D eigenvalue weighted by molar-refractivity contribution is -0.138. The van der Waals surface area contributed by atoms with E-state index in [1.807, 2.05) is 6.92 Å². The highest BCUT2D eigenvalue weighted by atomic mass is 79.9. The van der Waals surface area contributed by atoms with Crippen LogP contribution in [0.4, 0.5) is 0 Å². The van der Waals surface area contributed by atoms with Crippen LogP contribution in [-0.2, 0) is 20.9 Å². The van der Waals surface area contributed by atoms with Crippen LogP contribution in [0, 0.1) is 0 Å². The maximum Gasteiger partial charge on any atom is 0.344 e. The maximum absolute atomic E-state index is 12.5. The monoisotopic (exact) mass is 627 g/mol. The molecule has 0 unspecified atom stereocenters. The van der Waals surface area contributed by atoms with Crippen LogP contribution in [0.3, 0.4) is 0 Å². The van der Waals surface area contributed by atoms with Crippen molar-refractivity contribution in [1.29, 1.82) is 0 Å². The first-order valence-electron chi connectivity index (χ1n) is 11.2. The SMILES string of the molecule is CCCC(=O)N=C1S/C(=C\c2cc(Br)c(OCc3ccc(Cl)cc3Cl)c(OC)c2)C(O)=C1C(=O)OCC. The number of aliphatic hydroxyl groups excluding tert-OH is 1. The fourth-order valence-corrected chi connectivity index (χ4v) is 5.35. The number of benzene rings is 2. The number of thioether (sulfide) groups is 1. The highest BCUT2D eigenvalue weighted by Crippen LogP contribution is 2.42. The van der Waals surface area contributed by atoms with Crippen molar-refractivity contribution in [2.45, 2.75) is 33.3 Å². The number of carbonyl (C=O) groups excluding carboxylic acids is 2. The van der Waals surface area contributed by atoms with Gasteiger partial charge in [0.15, 0.2) is 11.5 Å². The molecule has 1 aliphatic heterocycles. The molecule has 1 N–H and O–H groups in total. The third kappa shape index (κ3) is 7.31. The molecule has 1 aliphatic rings. The van der Waals surface area contributed by atoms with Crippen molar-refractivity contribution >= 4 is 73.9 Å². The highest BCUT2D eigenvalue weighted by molar-refractivity contribution is 9.10. The van der Waals surface area contributed by atoms with Crippen LogP contribution < -0.4 is 9.47 Å². The van der Waals surface area contributed by atoms with Crippen molar-refractivity contribution in [3.05, 3.63) is 72.2 Å². The maximum atomic E-state index is 12.5. The van der Waals surface area contributed by atoms with Crippen LogP contribution in [0.1, 0.15) is 37.8 Å². The van der Waals surface area contributed by atoms with Crippen molar-refractivity contribution < 1.29 is 28.9 Å². The smallest absolute Gasteiger partial charge is 0.344 e. The van der Waals surface area contributed by atoms with Crippen LogP contribution in [0.25, 0.3) is 6.08 Å². The van der Waals surface area contributed by atoms with Crippen molar-refractivity contribution in [2.24, 2.45) is 4.99 Å². The quantitative estimate of drug-likeness (QED) is 0.287. The lowest BCUT2D eigenvalue weighted by Crippen LogP contribution is -2.14. The average molecular weight is 629 g/mol. The molecule has 0 aromatic heterocycles. The number of methoxy groups -OCH3 is 1. The Morgan fingerprint density at radius 3 is 2.59 bits per heavy atom. The number of ether oxygens (including phenoxy) is 3. The number of hydrogen-bond acceptors (Lipinski definition) is 7. The molecule has 0 aliphatic carbocycles. The van der Waals surface area contributed by atoms with Gasteiger partial charge in [-0.1, -0.05) is 48.0 Å². The molecule has 0 bridgehead atoms. The molecule has 0 atom stereocenters. The van der Waals surface area contributed by atoms with Crippen molar-refractivity contribution in [2.75, 3.05) is 13.7 Å². The van der Waals surface area contributed by atoms with Crippen molar-refractivity contribution in [1.82, 2.24) is 0 Å². The summed E-state index contributed by atoms with van der Waals surface area (Å²) in [6.07, 6.45) is 2.49. The zero-order valence-corrected chi connectivity index (χ0v) is 24.2. The third-order valence-electron chi connectivity index (χ3n) is 5.00. The van der Waals surface area contributed by atoms with Gasteiger partial charge in [-0.15, -0.1) is 0 Å². The molecule has 11 heteroatoms. The number of halogens is 3. The van der Waals surface area contributed by atoms with Gasteiger partial charge in [-0.2, -0.15) is 0 Å². The number of esters is 1. The van der Waals surface area contributed by atoms with E-state index in [0.29, 0.717) is 42.9 Å². The Labute approximate surface area is 237 Å². The summed E-state index contributed by atoms with van der Waals surface area (Å²) in [6, 6.07) is 8.63. The Morgan fingerprint density at radius 2 is 1.95 bits per heavy atom. The number of rotatable bonds is 9. The molecule has 7 nitrogen and oxygen atoms in total. The summed E-state index contributed by atoms with van der Waals surface area (Å²) in [6.45, 7) is 3.80. The minimum Gasteiger partial charge on any atom is -0.506 e. The molecular weight excluding hydrogens is 605 g/mol. The second kappa shape index (κ2) is 13.4. The number of amides is 1. The molecule has 0 spiro atoms. The number of carbonyl (C=O) groups is 2. The molecule has 1 amide bonds. The first-order valence-corrected chi connectivity index (χ1v) is 13.6. The number of aliphatic hydroxyl groups is 1. The Morgan fingerprint density at radius 1 is 1.19 bits per heavy atom. The normalized spacial score (nSPS) is 15.4. The second-order valence-electron chi connectivity index (χ2n) is 7.67. The lowest BCUT2D eigenvalue weighted by Gasteiger charge is -2.14. The van der Waals surface area contributed by atoms with Crippen molar-refractivity contribution in [3.8, 4) is 11.5 Å². The average Bonchev–Trinajstić information content (AvgIpc) is 3.13. The topological polar surface area (TPSA) is 94.4 Å². The Balaban J connectivity index is 1.94. The fraction of sp³-hybridized carbons (Fsp3) is 0.269. The molecule has 0 fully saturated rings. The van der Waals surface area contributed by atoms with Gasteiger partial charge in [0.1, 0.15) is 23.0 Å². The van der Waals surface area contributed by atoms with Gasteiger partial charge in [0, 0.05) is 22.0 Å². The Bertz CT molecular complexity index is 1310. The van der Waals surface area contributed by atoms with Crippen LogP contribution >= 0.6 is 50.9 Å². The second-order valence-corrected chi connectivity index (χ2v) is 10.4. The molecule has 0 radical (unpaired) electrons. The zero-order valence-electron chi connectivity index (χ0n) is 20.3. The molecular formula is C26H24BrCl2NO6S. The first-order chi connectivity index (χ1) is 17.7. The van der Waals surface area contributed by atoms with E-state index in [9.17, 15) is 14.7 Å². The van der Waals surface area contributed by atoms with E-state index in [1.165, 1.54) is 7.11 Å². The van der Waals surface area contributed by atoms with E-state index in [2.05, 4.69) is 20.9 Å². The van der Waals surface area contributed by atoms with E-state index in [0.717, 1.165) is 17.3 Å².